The summed E-state index contributed by atoms with van der Waals surface area (Å²) in [5, 5.41) is 2.98. The Balaban J connectivity index is 1.49. The zero-order valence-corrected chi connectivity index (χ0v) is 18.2. The number of hydrogen-bond donors (Lipinski definition) is 1. The SMILES string of the molecule is COc1cccc(CC(=O)Nc2ccc3c(c2)CN(C2CCCCC2)C(=O)C(C)O3)c1. The van der Waals surface area contributed by atoms with Gasteiger partial charge in [0, 0.05) is 23.8 Å². The van der Waals surface area contributed by atoms with Gasteiger partial charge in [-0.05, 0) is 55.7 Å². The van der Waals surface area contributed by atoms with E-state index in [1.54, 1.807) is 7.11 Å². The van der Waals surface area contributed by atoms with Gasteiger partial charge in [-0.15, -0.1) is 0 Å². The van der Waals surface area contributed by atoms with Crippen molar-refractivity contribution in [2.75, 3.05) is 12.4 Å². The standard InChI is InChI=1S/C25H30N2O4/c1-17-25(29)27(21-8-4-3-5-9-21)16-19-15-20(11-12-23(19)31-17)26-24(28)14-18-7-6-10-22(13-18)30-2/h6-7,10-13,15,17,21H,3-5,8-9,14,16H2,1-2H3,(H,26,28). The molecule has 6 heteroatoms. The van der Waals surface area contributed by atoms with Crippen molar-refractivity contribution in [1.82, 2.24) is 4.90 Å². The molecule has 1 atom stereocenters. The highest BCUT2D eigenvalue weighted by atomic mass is 16.5. The van der Waals surface area contributed by atoms with Gasteiger partial charge in [-0.3, -0.25) is 9.59 Å². The number of carbonyl (C=O) groups excluding carboxylic acids is 2. The third kappa shape index (κ3) is 5.01. The number of nitrogens with zero attached hydrogens (tertiary/aromatic N) is 1. The summed E-state index contributed by atoms with van der Waals surface area (Å²) in [4.78, 5) is 27.5. The monoisotopic (exact) mass is 422 g/mol. The van der Waals surface area contributed by atoms with Crippen molar-refractivity contribution >= 4 is 17.5 Å². The second kappa shape index (κ2) is 9.41. The topological polar surface area (TPSA) is 67.9 Å². The molecule has 2 aromatic rings. The Morgan fingerprint density at radius 2 is 1.97 bits per heavy atom. The molecule has 164 valence electrons. The zero-order chi connectivity index (χ0) is 21.8. The van der Waals surface area contributed by atoms with Gasteiger partial charge in [0.2, 0.25) is 5.91 Å². The summed E-state index contributed by atoms with van der Waals surface area (Å²) in [6.45, 7) is 2.33. The molecule has 2 aliphatic rings. The lowest BCUT2D eigenvalue weighted by Crippen LogP contribution is -2.45. The molecule has 0 saturated heterocycles. The van der Waals surface area contributed by atoms with Crippen LogP contribution in [0.2, 0.25) is 0 Å². The molecular weight excluding hydrogens is 392 g/mol. The minimum Gasteiger partial charge on any atom is -0.497 e. The Morgan fingerprint density at radius 3 is 2.74 bits per heavy atom. The van der Waals surface area contributed by atoms with Gasteiger partial charge in [0.25, 0.3) is 5.91 Å². The fourth-order valence-corrected chi connectivity index (χ4v) is 4.51. The van der Waals surface area contributed by atoms with Crippen LogP contribution in [-0.2, 0) is 22.6 Å². The molecule has 1 heterocycles. The second-order valence-electron chi connectivity index (χ2n) is 8.42. The Labute approximate surface area is 183 Å². The van der Waals surface area contributed by atoms with E-state index in [0.717, 1.165) is 42.6 Å². The molecule has 0 bridgehead atoms. The van der Waals surface area contributed by atoms with E-state index in [1.807, 2.05) is 54.3 Å². The molecule has 1 fully saturated rings. The first-order valence-electron chi connectivity index (χ1n) is 11.1. The normalized spacial score (nSPS) is 19.2. The molecule has 6 nitrogen and oxygen atoms in total. The molecule has 2 amide bonds. The molecule has 4 rings (SSSR count). The maximum absolute atomic E-state index is 13.0. The molecular formula is C25H30N2O4. The zero-order valence-electron chi connectivity index (χ0n) is 18.2. The number of ether oxygens (including phenoxy) is 2. The minimum atomic E-state index is -0.503. The highest BCUT2D eigenvalue weighted by Crippen LogP contribution is 2.32. The average Bonchev–Trinajstić information content (AvgIpc) is 2.90. The maximum Gasteiger partial charge on any atom is 0.263 e. The number of hydrogen-bond acceptors (Lipinski definition) is 4. The second-order valence-corrected chi connectivity index (χ2v) is 8.42. The van der Waals surface area contributed by atoms with Crippen LogP contribution in [0.3, 0.4) is 0 Å². The third-order valence-electron chi connectivity index (χ3n) is 6.13. The summed E-state index contributed by atoms with van der Waals surface area (Å²) < 4.78 is 11.2. The minimum absolute atomic E-state index is 0.0479. The van der Waals surface area contributed by atoms with Crippen molar-refractivity contribution in [1.29, 1.82) is 0 Å². The summed E-state index contributed by atoms with van der Waals surface area (Å²) in [7, 11) is 1.61. The number of benzene rings is 2. The third-order valence-corrected chi connectivity index (χ3v) is 6.13. The van der Waals surface area contributed by atoms with Gasteiger partial charge in [0.15, 0.2) is 6.10 Å². The van der Waals surface area contributed by atoms with Crippen molar-refractivity contribution in [2.45, 2.75) is 64.1 Å². The van der Waals surface area contributed by atoms with Gasteiger partial charge >= 0.3 is 0 Å². The first-order valence-corrected chi connectivity index (χ1v) is 11.1. The van der Waals surface area contributed by atoms with Crippen molar-refractivity contribution in [3.8, 4) is 11.5 Å². The van der Waals surface area contributed by atoms with E-state index >= 15 is 0 Å². The molecule has 1 saturated carbocycles. The lowest BCUT2D eigenvalue weighted by Gasteiger charge is -2.34. The van der Waals surface area contributed by atoms with E-state index in [0.29, 0.717) is 18.0 Å². The molecule has 1 unspecified atom stereocenters. The smallest absolute Gasteiger partial charge is 0.263 e. The van der Waals surface area contributed by atoms with Crippen LogP contribution in [0.1, 0.15) is 50.2 Å². The largest absolute Gasteiger partial charge is 0.497 e. The quantitative estimate of drug-likeness (QED) is 0.779. The van der Waals surface area contributed by atoms with E-state index in [4.69, 9.17) is 9.47 Å². The van der Waals surface area contributed by atoms with E-state index in [9.17, 15) is 9.59 Å². The molecule has 0 spiro atoms. The molecule has 1 aliphatic carbocycles. The maximum atomic E-state index is 13.0. The van der Waals surface area contributed by atoms with Gasteiger partial charge < -0.3 is 19.7 Å². The number of carbonyl (C=O) groups is 2. The fourth-order valence-electron chi connectivity index (χ4n) is 4.51. The molecule has 0 aromatic heterocycles. The van der Waals surface area contributed by atoms with Crippen molar-refractivity contribution in [3.63, 3.8) is 0 Å². The average molecular weight is 423 g/mol. The van der Waals surface area contributed by atoms with Crippen LogP contribution in [-0.4, -0.2) is 36.0 Å². The lowest BCUT2D eigenvalue weighted by molar-refractivity contribution is -0.140. The molecule has 0 radical (unpaired) electrons. The van der Waals surface area contributed by atoms with Crippen LogP contribution in [0.15, 0.2) is 42.5 Å². The van der Waals surface area contributed by atoms with Gasteiger partial charge in [-0.1, -0.05) is 31.4 Å². The van der Waals surface area contributed by atoms with E-state index in [2.05, 4.69) is 5.32 Å². The van der Waals surface area contributed by atoms with Crippen LogP contribution >= 0.6 is 0 Å². The van der Waals surface area contributed by atoms with Crippen LogP contribution in [0, 0.1) is 0 Å². The Hall–Kier alpha value is -3.02. The summed E-state index contributed by atoms with van der Waals surface area (Å²) >= 11 is 0. The van der Waals surface area contributed by atoms with Crippen molar-refractivity contribution in [3.05, 3.63) is 53.6 Å². The number of fused-ring (bicyclic) bond motifs is 1. The summed E-state index contributed by atoms with van der Waals surface area (Å²) in [5.41, 5.74) is 2.53. The highest BCUT2D eigenvalue weighted by Gasteiger charge is 2.33. The molecule has 1 N–H and O–H groups in total. The van der Waals surface area contributed by atoms with Crippen LogP contribution in [0.4, 0.5) is 5.69 Å². The summed E-state index contributed by atoms with van der Waals surface area (Å²) in [6, 6.07) is 13.4. The first-order chi connectivity index (χ1) is 15.0. The number of amides is 2. The van der Waals surface area contributed by atoms with E-state index in [1.165, 1.54) is 6.42 Å². The van der Waals surface area contributed by atoms with Crippen molar-refractivity contribution in [2.24, 2.45) is 0 Å². The number of methoxy groups -OCH3 is 1. The van der Waals surface area contributed by atoms with Gasteiger partial charge in [-0.25, -0.2) is 0 Å². The van der Waals surface area contributed by atoms with E-state index < -0.39 is 6.10 Å². The van der Waals surface area contributed by atoms with Crippen LogP contribution in [0.25, 0.3) is 0 Å². The Kier molecular flexibility index (Phi) is 6.44. The van der Waals surface area contributed by atoms with Gasteiger partial charge in [-0.2, -0.15) is 0 Å². The molecule has 1 aliphatic heterocycles. The van der Waals surface area contributed by atoms with E-state index in [-0.39, 0.29) is 24.3 Å². The molecule has 31 heavy (non-hydrogen) atoms. The fraction of sp³-hybridized carbons (Fsp3) is 0.440. The lowest BCUT2D eigenvalue weighted by atomic mass is 9.93. The van der Waals surface area contributed by atoms with Gasteiger partial charge in [0.1, 0.15) is 11.5 Å². The number of nitrogens with one attached hydrogen (secondary N) is 1. The highest BCUT2D eigenvalue weighted by molar-refractivity contribution is 5.92. The van der Waals surface area contributed by atoms with Crippen LogP contribution in [0.5, 0.6) is 11.5 Å². The Bertz CT molecular complexity index is 952. The van der Waals surface area contributed by atoms with Crippen molar-refractivity contribution < 1.29 is 19.1 Å². The number of rotatable bonds is 5. The van der Waals surface area contributed by atoms with Crippen LogP contribution < -0.4 is 14.8 Å². The van der Waals surface area contributed by atoms with Gasteiger partial charge in [0.05, 0.1) is 13.5 Å². The Morgan fingerprint density at radius 1 is 1.16 bits per heavy atom. The predicted octanol–water partition coefficient (Wildman–Crippen LogP) is 4.32. The number of anilines is 1. The molecule has 2 aromatic carbocycles. The first kappa shape index (κ1) is 21.2. The summed E-state index contributed by atoms with van der Waals surface area (Å²) in [5.74, 6) is 1.39. The predicted molar refractivity (Wildman–Crippen MR) is 119 cm³/mol. The summed E-state index contributed by atoms with van der Waals surface area (Å²) in [6.07, 6.45) is 5.42.